The third kappa shape index (κ3) is 3.07. The summed E-state index contributed by atoms with van der Waals surface area (Å²) in [6.45, 7) is 3.79. The van der Waals surface area contributed by atoms with Gasteiger partial charge in [-0.3, -0.25) is 0 Å². The lowest BCUT2D eigenvalue weighted by atomic mass is 9.56. The minimum atomic E-state index is -5.32. The van der Waals surface area contributed by atoms with Crippen LogP contribution in [0.15, 0.2) is 12.8 Å². The Hall–Kier alpha value is -0.880. The molecule has 2 fully saturated rings. The highest BCUT2D eigenvalue weighted by Crippen LogP contribution is 2.62. The molecule has 4 atom stereocenters. The van der Waals surface area contributed by atoms with E-state index in [9.17, 15) is 26.3 Å². The zero-order valence-corrected chi connectivity index (χ0v) is 13.0. The van der Waals surface area contributed by atoms with Crippen LogP contribution in [0.2, 0.25) is 0 Å². The highest BCUT2D eigenvalue weighted by atomic mass is 19.4. The first-order chi connectivity index (χ1) is 10.5. The number of hydrogen-bond donors (Lipinski definition) is 0. The quantitative estimate of drug-likeness (QED) is 0.460. The van der Waals surface area contributed by atoms with E-state index in [4.69, 9.17) is 4.74 Å². The maximum absolute atomic E-state index is 13.4. The number of fused-ring (bicyclic) bond motifs is 1. The molecule has 7 heteroatoms. The first kappa shape index (κ1) is 18.5. The predicted octanol–water partition coefficient (Wildman–Crippen LogP) is 5.86. The van der Waals surface area contributed by atoms with Crippen molar-refractivity contribution >= 4 is 0 Å². The lowest BCUT2D eigenvalue weighted by Gasteiger charge is -2.52. The van der Waals surface area contributed by atoms with Gasteiger partial charge in [-0.1, -0.05) is 19.4 Å². The lowest BCUT2D eigenvalue weighted by Crippen LogP contribution is -2.58. The van der Waals surface area contributed by atoms with Gasteiger partial charge in [-0.15, -0.1) is 0 Å². The van der Waals surface area contributed by atoms with Crippen LogP contribution >= 0.6 is 0 Å². The molecule has 2 aliphatic carbocycles. The molecule has 2 saturated carbocycles. The molecule has 0 aromatic rings. The summed E-state index contributed by atoms with van der Waals surface area (Å²) in [6.07, 6.45) is -7.13. The lowest BCUT2D eigenvalue weighted by molar-refractivity contribution is -0.362. The number of rotatable bonds is 3. The van der Waals surface area contributed by atoms with E-state index in [-0.39, 0.29) is 24.9 Å². The highest BCUT2D eigenvalue weighted by Gasteiger charge is 2.72. The van der Waals surface area contributed by atoms with E-state index >= 15 is 0 Å². The molecule has 0 radical (unpaired) electrons. The summed E-state index contributed by atoms with van der Waals surface area (Å²) in [5, 5.41) is 0. The van der Waals surface area contributed by atoms with Crippen LogP contribution in [-0.4, -0.2) is 18.5 Å². The van der Waals surface area contributed by atoms with Gasteiger partial charge in [-0.25, -0.2) is 0 Å². The Morgan fingerprint density at radius 3 is 1.87 bits per heavy atom. The number of halogens is 6. The second-order valence-corrected chi connectivity index (χ2v) is 6.84. The Labute approximate surface area is 132 Å². The average molecular weight is 344 g/mol. The molecule has 0 spiro atoms. The number of hydrogen-bond acceptors (Lipinski definition) is 1. The smallest absolute Gasteiger partial charge is 0.403 e. The molecule has 0 heterocycles. The third-order valence-corrected chi connectivity index (χ3v) is 5.82. The monoisotopic (exact) mass is 344 g/mol. The summed E-state index contributed by atoms with van der Waals surface area (Å²) in [4.78, 5) is 0. The van der Waals surface area contributed by atoms with Gasteiger partial charge in [-0.05, 0) is 50.4 Å². The Balaban J connectivity index is 2.39. The largest absolute Gasteiger partial charge is 0.498 e. The summed E-state index contributed by atoms with van der Waals surface area (Å²) in [6, 6.07) is 0. The van der Waals surface area contributed by atoms with Crippen LogP contribution in [0.4, 0.5) is 26.3 Å². The SMILES string of the molecule is C=COC1CCC(C(C)(C(F)(F)F)C(F)(F)F)C2CCCCC12. The van der Waals surface area contributed by atoms with Gasteiger partial charge in [0.1, 0.15) is 6.10 Å². The van der Waals surface area contributed by atoms with Crippen LogP contribution in [-0.2, 0) is 4.74 Å². The summed E-state index contributed by atoms with van der Waals surface area (Å²) in [7, 11) is 0. The molecule has 2 aliphatic rings. The maximum atomic E-state index is 13.4. The van der Waals surface area contributed by atoms with Crippen molar-refractivity contribution in [1.82, 2.24) is 0 Å². The molecule has 1 nitrogen and oxygen atoms in total. The van der Waals surface area contributed by atoms with Gasteiger partial charge in [0.05, 0.1) is 6.26 Å². The molecule has 0 bridgehead atoms. The summed E-state index contributed by atoms with van der Waals surface area (Å²) in [5.74, 6) is -2.32. The van der Waals surface area contributed by atoms with Crippen LogP contribution < -0.4 is 0 Å². The Bertz CT molecular complexity index is 413. The van der Waals surface area contributed by atoms with E-state index in [2.05, 4.69) is 6.58 Å². The van der Waals surface area contributed by atoms with E-state index in [1.165, 1.54) is 6.26 Å². The molecule has 0 N–H and O–H groups in total. The van der Waals surface area contributed by atoms with Gasteiger partial charge in [0.15, 0.2) is 5.41 Å². The van der Waals surface area contributed by atoms with Crippen molar-refractivity contribution in [3.8, 4) is 0 Å². The topological polar surface area (TPSA) is 9.23 Å². The van der Waals surface area contributed by atoms with Crippen molar-refractivity contribution in [2.24, 2.45) is 23.2 Å². The van der Waals surface area contributed by atoms with Crippen LogP contribution in [0.1, 0.15) is 45.4 Å². The molecule has 0 aliphatic heterocycles. The fourth-order valence-corrected chi connectivity index (χ4v) is 4.51. The van der Waals surface area contributed by atoms with Crippen molar-refractivity contribution < 1.29 is 31.1 Å². The fourth-order valence-electron chi connectivity index (χ4n) is 4.51. The predicted molar refractivity (Wildman–Crippen MR) is 73.5 cm³/mol. The standard InChI is InChI=1S/C16H22F6O/c1-3-23-13-9-8-12(10-6-4-5-7-11(10)13)14(2,15(17,18)19)16(20,21)22/h3,10-13H,1,4-9H2,2H3. The zero-order chi connectivity index (χ0) is 17.5. The van der Waals surface area contributed by atoms with E-state index in [0.717, 1.165) is 6.42 Å². The van der Waals surface area contributed by atoms with Gasteiger partial charge < -0.3 is 4.74 Å². The first-order valence-electron chi connectivity index (χ1n) is 7.94. The highest BCUT2D eigenvalue weighted by molar-refractivity contribution is 5.03. The van der Waals surface area contributed by atoms with Crippen molar-refractivity contribution in [3.05, 3.63) is 12.8 Å². The van der Waals surface area contributed by atoms with Crippen LogP contribution in [0, 0.1) is 23.2 Å². The van der Waals surface area contributed by atoms with Crippen molar-refractivity contribution in [2.45, 2.75) is 63.9 Å². The molecule has 0 amide bonds. The van der Waals surface area contributed by atoms with E-state index in [0.29, 0.717) is 26.2 Å². The Kier molecular flexibility index (Phi) is 4.98. The van der Waals surface area contributed by atoms with Crippen LogP contribution in [0.3, 0.4) is 0 Å². The minimum absolute atomic E-state index is 0.130. The number of alkyl halides is 6. The second kappa shape index (κ2) is 6.20. The van der Waals surface area contributed by atoms with Gasteiger partial charge >= 0.3 is 12.4 Å². The van der Waals surface area contributed by atoms with Gasteiger partial charge in [0.2, 0.25) is 0 Å². The molecular weight excluding hydrogens is 322 g/mol. The van der Waals surface area contributed by atoms with Crippen LogP contribution in [0.5, 0.6) is 0 Å². The summed E-state index contributed by atoms with van der Waals surface area (Å²) >= 11 is 0. The molecular formula is C16H22F6O. The molecule has 0 saturated heterocycles. The average Bonchev–Trinajstić information content (AvgIpc) is 2.45. The van der Waals surface area contributed by atoms with Crippen LogP contribution in [0.25, 0.3) is 0 Å². The molecule has 4 unspecified atom stereocenters. The van der Waals surface area contributed by atoms with E-state index < -0.39 is 29.6 Å². The number of ether oxygens (including phenoxy) is 1. The Morgan fingerprint density at radius 1 is 0.870 bits per heavy atom. The maximum Gasteiger partial charge on any atom is 0.403 e. The normalized spacial score (nSPS) is 33.0. The minimum Gasteiger partial charge on any atom is -0.498 e. The zero-order valence-electron chi connectivity index (χ0n) is 13.0. The van der Waals surface area contributed by atoms with Gasteiger partial charge in [0.25, 0.3) is 0 Å². The van der Waals surface area contributed by atoms with E-state index in [1.54, 1.807) is 0 Å². The molecule has 134 valence electrons. The van der Waals surface area contributed by atoms with Crippen molar-refractivity contribution in [2.75, 3.05) is 0 Å². The van der Waals surface area contributed by atoms with Gasteiger partial charge in [0, 0.05) is 0 Å². The van der Waals surface area contributed by atoms with E-state index in [1.807, 2.05) is 0 Å². The summed E-state index contributed by atoms with van der Waals surface area (Å²) < 4.78 is 85.9. The molecule has 0 aromatic carbocycles. The van der Waals surface area contributed by atoms with Crippen molar-refractivity contribution in [1.29, 1.82) is 0 Å². The molecule has 0 aromatic heterocycles. The first-order valence-corrected chi connectivity index (χ1v) is 7.94. The van der Waals surface area contributed by atoms with Gasteiger partial charge in [-0.2, -0.15) is 26.3 Å². The van der Waals surface area contributed by atoms with Crippen molar-refractivity contribution in [3.63, 3.8) is 0 Å². The summed E-state index contributed by atoms with van der Waals surface area (Å²) in [5.41, 5.74) is -3.67. The Morgan fingerprint density at radius 2 is 1.39 bits per heavy atom. The molecule has 2 rings (SSSR count). The third-order valence-electron chi connectivity index (χ3n) is 5.82. The fraction of sp³-hybridized carbons (Fsp3) is 0.875. The second-order valence-electron chi connectivity index (χ2n) is 6.84. The molecule has 23 heavy (non-hydrogen) atoms.